The van der Waals surface area contributed by atoms with Gasteiger partial charge in [0.15, 0.2) is 0 Å². The molecule has 0 saturated heterocycles. The maximum absolute atomic E-state index is 5.59. The van der Waals surface area contributed by atoms with Crippen LogP contribution < -0.4 is 10.6 Å². The summed E-state index contributed by atoms with van der Waals surface area (Å²) in [6.45, 7) is 1.57. The topological polar surface area (TPSA) is 47.1 Å². The van der Waals surface area contributed by atoms with E-state index in [9.17, 15) is 0 Å². The number of benzene rings is 1. The number of hydrogen-bond acceptors (Lipinski definition) is 3. The van der Waals surface area contributed by atoms with E-state index in [2.05, 4.69) is 22.0 Å². The molecule has 0 amide bonds. The Bertz CT molecular complexity index is 449. The molecule has 17 heavy (non-hydrogen) atoms. The maximum Gasteiger partial charge on any atom is 0.209 e. The van der Waals surface area contributed by atoms with Crippen molar-refractivity contribution >= 4 is 11.6 Å². The summed E-state index contributed by atoms with van der Waals surface area (Å²) in [5.74, 6) is 0.949. The second-order valence-corrected chi connectivity index (χ2v) is 3.97. The van der Waals surface area contributed by atoms with Crippen LogP contribution >= 0.6 is 0 Å². The molecule has 0 atom stereocenters. The van der Waals surface area contributed by atoms with Crippen molar-refractivity contribution in [3.63, 3.8) is 0 Å². The number of para-hydroxylation sites is 1. The van der Waals surface area contributed by atoms with Crippen molar-refractivity contribution in [3.05, 3.63) is 42.7 Å². The standard InChI is InChI=1S/C13H18N4/c1-16-11-9-15-13(16)17(10-5-8-14)12-6-3-2-4-7-12/h2-4,6-7,9,11H,5,8,10,14H2,1H3. The first-order valence-corrected chi connectivity index (χ1v) is 5.83. The van der Waals surface area contributed by atoms with Crippen LogP contribution in [0.2, 0.25) is 0 Å². The molecule has 0 unspecified atom stereocenters. The van der Waals surface area contributed by atoms with E-state index < -0.39 is 0 Å². The van der Waals surface area contributed by atoms with E-state index in [1.54, 1.807) is 0 Å². The third kappa shape index (κ3) is 2.65. The highest BCUT2D eigenvalue weighted by Gasteiger charge is 2.12. The molecule has 2 N–H and O–H groups in total. The molecule has 0 aliphatic rings. The average Bonchev–Trinajstić information content (AvgIpc) is 2.78. The Kier molecular flexibility index (Phi) is 3.77. The van der Waals surface area contributed by atoms with Crippen LogP contribution in [0.1, 0.15) is 6.42 Å². The van der Waals surface area contributed by atoms with Gasteiger partial charge in [0.2, 0.25) is 5.95 Å². The number of nitrogens with zero attached hydrogens (tertiary/aromatic N) is 3. The van der Waals surface area contributed by atoms with Crippen molar-refractivity contribution in [2.75, 3.05) is 18.0 Å². The van der Waals surface area contributed by atoms with Crippen molar-refractivity contribution < 1.29 is 0 Å². The zero-order valence-corrected chi connectivity index (χ0v) is 10.1. The molecule has 1 heterocycles. The molecule has 0 aliphatic heterocycles. The zero-order chi connectivity index (χ0) is 12.1. The van der Waals surface area contributed by atoms with E-state index in [1.807, 2.05) is 42.2 Å². The van der Waals surface area contributed by atoms with Gasteiger partial charge in [-0.25, -0.2) is 4.98 Å². The van der Waals surface area contributed by atoms with Gasteiger partial charge in [0, 0.05) is 31.7 Å². The summed E-state index contributed by atoms with van der Waals surface area (Å²) in [7, 11) is 2.00. The van der Waals surface area contributed by atoms with Crippen LogP contribution in [-0.4, -0.2) is 22.6 Å². The van der Waals surface area contributed by atoms with Gasteiger partial charge in [-0.3, -0.25) is 0 Å². The first kappa shape index (κ1) is 11.7. The van der Waals surface area contributed by atoms with Crippen LogP contribution in [0.3, 0.4) is 0 Å². The Hall–Kier alpha value is -1.81. The van der Waals surface area contributed by atoms with Crippen molar-refractivity contribution in [1.82, 2.24) is 9.55 Å². The van der Waals surface area contributed by atoms with E-state index in [-0.39, 0.29) is 0 Å². The highest BCUT2D eigenvalue weighted by Crippen LogP contribution is 2.22. The monoisotopic (exact) mass is 230 g/mol. The number of imidazole rings is 1. The lowest BCUT2D eigenvalue weighted by atomic mass is 10.3. The van der Waals surface area contributed by atoms with Crippen LogP contribution in [0.4, 0.5) is 11.6 Å². The smallest absolute Gasteiger partial charge is 0.209 e. The van der Waals surface area contributed by atoms with Gasteiger partial charge in [-0.05, 0) is 25.1 Å². The van der Waals surface area contributed by atoms with Crippen molar-refractivity contribution in [3.8, 4) is 0 Å². The lowest BCUT2D eigenvalue weighted by Gasteiger charge is -2.23. The Morgan fingerprint density at radius 2 is 2.06 bits per heavy atom. The Morgan fingerprint density at radius 3 is 2.65 bits per heavy atom. The molecule has 90 valence electrons. The van der Waals surface area contributed by atoms with E-state index in [4.69, 9.17) is 5.73 Å². The highest BCUT2D eigenvalue weighted by atomic mass is 15.3. The molecule has 4 heteroatoms. The van der Waals surface area contributed by atoms with Gasteiger partial charge in [-0.2, -0.15) is 0 Å². The van der Waals surface area contributed by atoms with E-state index in [1.165, 1.54) is 0 Å². The predicted molar refractivity (Wildman–Crippen MR) is 70.3 cm³/mol. The van der Waals surface area contributed by atoms with E-state index >= 15 is 0 Å². The third-order valence-electron chi connectivity index (χ3n) is 2.69. The molecule has 2 rings (SSSR count). The summed E-state index contributed by atoms with van der Waals surface area (Å²) >= 11 is 0. The van der Waals surface area contributed by atoms with Crippen LogP contribution in [0, 0.1) is 0 Å². The highest BCUT2D eigenvalue weighted by molar-refractivity contribution is 5.57. The molecule has 0 fully saturated rings. The molecule has 4 nitrogen and oxygen atoms in total. The van der Waals surface area contributed by atoms with E-state index in [0.717, 1.165) is 24.6 Å². The minimum absolute atomic E-state index is 0.688. The minimum atomic E-state index is 0.688. The number of aromatic nitrogens is 2. The van der Waals surface area contributed by atoms with Gasteiger partial charge in [0.1, 0.15) is 0 Å². The Balaban J connectivity index is 2.29. The van der Waals surface area contributed by atoms with E-state index in [0.29, 0.717) is 6.54 Å². The lowest BCUT2D eigenvalue weighted by Crippen LogP contribution is -2.23. The number of rotatable bonds is 5. The second kappa shape index (κ2) is 5.50. The maximum atomic E-state index is 5.59. The van der Waals surface area contributed by atoms with Gasteiger partial charge in [0.25, 0.3) is 0 Å². The third-order valence-corrected chi connectivity index (χ3v) is 2.69. The number of nitrogens with two attached hydrogens (primary N) is 1. The molecular weight excluding hydrogens is 212 g/mol. The fourth-order valence-electron chi connectivity index (χ4n) is 1.82. The van der Waals surface area contributed by atoms with Crippen molar-refractivity contribution in [2.24, 2.45) is 12.8 Å². The molecule has 0 aliphatic carbocycles. The molecule has 1 aromatic carbocycles. The van der Waals surface area contributed by atoms with Crippen molar-refractivity contribution in [1.29, 1.82) is 0 Å². The van der Waals surface area contributed by atoms with Crippen LogP contribution in [0.15, 0.2) is 42.7 Å². The van der Waals surface area contributed by atoms with Gasteiger partial charge in [-0.15, -0.1) is 0 Å². The fraction of sp³-hybridized carbons (Fsp3) is 0.308. The summed E-state index contributed by atoms with van der Waals surface area (Å²) < 4.78 is 2.02. The molecule has 1 aromatic heterocycles. The first-order valence-electron chi connectivity index (χ1n) is 5.83. The zero-order valence-electron chi connectivity index (χ0n) is 10.1. The van der Waals surface area contributed by atoms with Gasteiger partial charge in [-0.1, -0.05) is 18.2 Å². The summed E-state index contributed by atoms with van der Waals surface area (Å²) in [4.78, 5) is 6.58. The second-order valence-electron chi connectivity index (χ2n) is 3.97. The normalized spacial score (nSPS) is 10.5. The summed E-state index contributed by atoms with van der Waals surface area (Å²) in [5.41, 5.74) is 6.74. The largest absolute Gasteiger partial charge is 0.330 e. The van der Waals surface area contributed by atoms with Gasteiger partial charge in [0.05, 0.1) is 0 Å². The molecule has 0 spiro atoms. The number of aryl methyl sites for hydroxylation is 1. The van der Waals surface area contributed by atoms with Crippen LogP contribution in [0.5, 0.6) is 0 Å². The van der Waals surface area contributed by atoms with Crippen molar-refractivity contribution in [2.45, 2.75) is 6.42 Å². The molecular formula is C13H18N4. The molecule has 0 bridgehead atoms. The van der Waals surface area contributed by atoms with Crippen LogP contribution in [-0.2, 0) is 7.05 Å². The Labute approximate surface area is 102 Å². The Morgan fingerprint density at radius 1 is 1.29 bits per heavy atom. The summed E-state index contributed by atoms with van der Waals surface area (Å²) in [6.07, 6.45) is 4.71. The van der Waals surface area contributed by atoms with Gasteiger partial charge >= 0.3 is 0 Å². The number of hydrogen-bond donors (Lipinski definition) is 1. The lowest BCUT2D eigenvalue weighted by molar-refractivity contribution is 0.775. The quantitative estimate of drug-likeness (QED) is 0.853. The first-order chi connectivity index (χ1) is 8.33. The molecule has 0 radical (unpaired) electrons. The van der Waals surface area contributed by atoms with Crippen LogP contribution in [0.25, 0.3) is 0 Å². The minimum Gasteiger partial charge on any atom is -0.330 e. The number of anilines is 2. The SMILES string of the molecule is Cn1ccnc1N(CCCN)c1ccccc1. The summed E-state index contributed by atoms with van der Waals surface area (Å²) in [5, 5.41) is 0. The average molecular weight is 230 g/mol. The summed E-state index contributed by atoms with van der Waals surface area (Å²) in [6, 6.07) is 10.3. The van der Waals surface area contributed by atoms with Gasteiger partial charge < -0.3 is 15.2 Å². The molecule has 2 aromatic rings. The predicted octanol–water partition coefficient (Wildman–Crippen LogP) is 1.91. The molecule has 0 saturated carbocycles. The fourth-order valence-corrected chi connectivity index (χ4v) is 1.82.